The van der Waals surface area contributed by atoms with Gasteiger partial charge in [-0.1, -0.05) is 41.9 Å². The second-order valence-electron chi connectivity index (χ2n) is 4.61. The van der Waals surface area contributed by atoms with Crippen LogP contribution in [-0.2, 0) is 0 Å². The Morgan fingerprint density at radius 1 is 1.09 bits per heavy atom. The number of carbonyl (C=O) groups is 1. The number of benzene rings is 2. The Kier molecular flexibility index (Phi) is 4.22. The lowest BCUT2D eigenvalue weighted by molar-refractivity contribution is 0.103. The van der Waals surface area contributed by atoms with E-state index in [1.807, 2.05) is 41.8 Å². The van der Waals surface area contributed by atoms with Gasteiger partial charge in [-0.25, -0.2) is 4.39 Å². The molecule has 5 heteroatoms. The number of hydrogen-bond donors (Lipinski definition) is 1. The van der Waals surface area contributed by atoms with Crippen molar-refractivity contribution in [3.8, 4) is 11.1 Å². The molecule has 0 aliphatic carbocycles. The molecular weight excluding hydrogens is 321 g/mol. The summed E-state index contributed by atoms with van der Waals surface area (Å²) >= 11 is 7.09. The molecule has 2 nitrogen and oxygen atoms in total. The smallest absolute Gasteiger partial charge is 0.266 e. The van der Waals surface area contributed by atoms with Gasteiger partial charge in [0.05, 0.1) is 9.90 Å². The highest BCUT2D eigenvalue weighted by Gasteiger charge is 2.15. The molecule has 0 saturated carbocycles. The minimum Gasteiger partial charge on any atom is -0.321 e. The summed E-state index contributed by atoms with van der Waals surface area (Å²) in [6, 6.07) is 15.7. The predicted molar refractivity (Wildman–Crippen MR) is 89.1 cm³/mol. The molecule has 1 heterocycles. The van der Waals surface area contributed by atoms with Gasteiger partial charge >= 0.3 is 0 Å². The van der Waals surface area contributed by atoms with Crippen LogP contribution in [0.3, 0.4) is 0 Å². The zero-order chi connectivity index (χ0) is 15.5. The van der Waals surface area contributed by atoms with E-state index in [0.29, 0.717) is 10.6 Å². The Hall–Kier alpha value is -2.17. The average Bonchev–Trinajstić information content (AvgIpc) is 3.01. The van der Waals surface area contributed by atoms with E-state index in [-0.39, 0.29) is 10.9 Å². The van der Waals surface area contributed by atoms with Gasteiger partial charge in [0.15, 0.2) is 0 Å². The predicted octanol–water partition coefficient (Wildman–Crippen LogP) is 5.46. The Morgan fingerprint density at radius 2 is 1.86 bits per heavy atom. The van der Waals surface area contributed by atoms with Crippen molar-refractivity contribution in [2.24, 2.45) is 0 Å². The van der Waals surface area contributed by atoms with Crippen molar-refractivity contribution in [1.29, 1.82) is 0 Å². The van der Waals surface area contributed by atoms with E-state index in [0.717, 1.165) is 11.1 Å². The topological polar surface area (TPSA) is 29.1 Å². The third-order valence-electron chi connectivity index (χ3n) is 3.13. The highest BCUT2D eigenvalue weighted by atomic mass is 35.5. The van der Waals surface area contributed by atoms with Gasteiger partial charge in [-0.15, -0.1) is 11.3 Å². The van der Waals surface area contributed by atoms with Crippen molar-refractivity contribution in [3.63, 3.8) is 0 Å². The number of hydrogen-bond acceptors (Lipinski definition) is 2. The SMILES string of the molecule is O=C(Nc1ccc(F)c(Cl)c1)c1sccc1-c1ccccc1. The molecule has 0 saturated heterocycles. The summed E-state index contributed by atoms with van der Waals surface area (Å²) < 4.78 is 13.2. The largest absolute Gasteiger partial charge is 0.321 e. The van der Waals surface area contributed by atoms with Crippen LogP contribution in [0.15, 0.2) is 60.0 Å². The van der Waals surface area contributed by atoms with Gasteiger partial charge in [-0.05, 0) is 35.2 Å². The van der Waals surface area contributed by atoms with E-state index in [2.05, 4.69) is 5.32 Å². The van der Waals surface area contributed by atoms with Gasteiger partial charge in [-0.3, -0.25) is 4.79 Å². The molecule has 3 aromatic rings. The Bertz CT molecular complexity index is 817. The summed E-state index contributed by atoms with van der Waals surface area (Å²) in [7, 11) is 0. The van der Waals surface area contributed by atoms with Crippen molar-refractivity contribution < 1.29 is 9.18 Å². The number of nitrogens with one attached hydrogen (secondary N) is 1. The molecule has 0 atom stereocenters. The maximum absolute atomic E-state index is 13.2. The first-order valence-electron chi connectivity index (χ1n) is 6.54. The van der Waals surface area contributed by atoms with Crippen LogP contribution in [0.4, 0.5) is 10.1 Å². The molecule has 1 aromatic heterocycles. The standard InChI is InChI=1S/C17H11ClFNOS/c18-14-10-12(6-7-15(14)19)20-17(21)16-13(8-9-22-16)11-4-2-1-3-5-11/h1-10H,(H,20,21). The van der Waals surface area contributed by atoms with Crippen LogP contribution in [0.1, 0.15) is 9.67 Å². The molecule has 0 fully saturated rings. The fourth-order valence-electron chi connectivity index (χ4n) is 2.09. The second-order valence-corrected chi connectivity index (χ2v) is 5.94. The van der Waals surface area contributed by atoms with E-state index in [1.165, 1.54) is 29.5 Å². The summed E-state index contributed by atoms with van der Waals surface area (Å²) in [6.45, 7) is 0. The Balaban J connectivity index is 1.87. The molecule has 22 heavy (non-hydrogen) atoms. The molecule has 0 unspecified atom stereocenters. The van der Waals surface area contributed by atoms with Gasteiger partial charge in [0.2, 0.25) is 0 Å². The third-order valence-corrected chi connectivity index (χ3v) is 4.34. The van der Waals surface area contributed by atoms with Crippen molar-refractivity contribution >= 4 is 34.5 Å². The van der Waals surface area contributed by atoms with Crippen LogP contribution in [0.25, 0.3) is 11.1 Å². The zero-order valence-corrected chi connectivity index (χ0v) is 12.9. The fourth-order valence-corrected chi connectivity index (χ4v) is 3.08. The quantitative estimate of drug-likeness (QED) is 0.678. The number of rotatable bonds is 3. The first kappa shape index (κ1) is 14.8. The van der Waals surface area contributed by atoms with Crippen LogP contribution in [0.2, 0.25) is 5.02 Å². The van der Waals surface area contributed by atoms with E-state index < -0.39 is 5.82 Å². The van der Waals surface area contributed by atoms with Gasteiger partial charge in [-0.2, -0.15) is 0 Å². The number of thiophene rings is 1. The number of amides is 1. The lowest BCUT2D eigenvalue weighted by Crippen LogP contribution is -2.11. The molecule has 0 bridgehead atoms. The molecule has 3 rings (SSSR count). The zero-order valence-electron chi connectivity index (χ0n) is 11.3. The molecule has 110 valence electrons. The normalized spacial score (nSPS) is 10.5. The molecule has 1 amide bonds. The molecule has 0 radical (unpaired) electrons. The first-order valence-corrected chi connectivity index (χ1v) is 7.80. The molecular formula is C17H11ClFNOS. The number of anilines is 1. The Morgan fingerprint density at radius 3 is 2.59 bits per heavy atom. The minimum absolute atomic E-state index is 0.0211. The summed E-state index contributed by atoms with van der Waals surface area (Å²) in [4.78, 5) is 13.0. The molecule has 2 aromatic carbocycles. The average molecular weight is 332 g/mol. The van der Waals surface area contributed by atoms with Crippen LogP contribution in [-0.4, -0.2) is 5.91 Å². The van der Waals surface area contributed by atoms with E-state index in [9.17, 15) is 9.18 Å². The summed E-state index contributed by atoms with van der Waals surface area (Å²) in [5.74, 6) is -0.753. The van der Waals surface area contributed by atoms with Crippen molar-refractivity contribution in [1.82, 2.24) is 0 Å². The highest BCUT2D eigenvalue weighted by Crippen LogP contribution is 2.29. The second kappa shape index (κ2) is 6.30. The fraction of sp³-hybridized carbons (Fsp3) is 0. The minimum atomic E-state index is -0.513. The highest BCUT2D eigenvalue weighted by molar-refractivity contribution is 7.12. The van der Waals surface area contributed by atoms with Crippen molar-refractivity contribution in [3.05, 3.63) is 75.7 Å². The van der Waals surface area contributed by atoms with E-state index in [4.69, 9.17) is 11.6 Å². The lowest BCUT2D eigenvalue weighted by Gasteiger charge is -2.07. The van der Waals surface area contributed by atoms with Crippen LogP contribution in [0, 0.1) is 5.82 Å². The summed E-state index contributed by atoms with van der Waals surface area (Å²) in [6.07, 6.45) is 0. The first-order chi connectivity index (χ1) is 10.6. The van der Waals surface area contributed by atoms with Crippen LogP contribution < -0.4 is 5.32 Å². The van der Waals surface area contributed by atoms with Crippen molar-refractivity contribution in [2.45, 2.75) is 0 Å². The summed E-state index contributed by atoms with van der Waals surface area (Å²) in [5.41, 5.74) is 2.31. The van der Waals surface area contributed by atoms with E-state index in [1.54, 1.807) is 0 Å². The molecule has 0 aliphatic rings. The van der Waals surface area contributed by atoms with Crippen LogP contribution >= 0.6 is 22.9 Å². The van der Waals surface area contributed by atoms with Crippen LogP contribution in [0.5, 0.6) is 0 Å². The maximum Gasteiger partial charge on any atom is 0.266 e. The lowest BCUT2D eigenvalue weighted by atomic mass is 10.1. The van der Waals surface area contributed by atoms with Gasteiger partial charge in [0, 0.05) is 11.3 Å². The monoisotopic (exact) mass is 331 g/mol. The number of carbonyl (C=O) groups excluding carboxylic acids is 1. The third kappa shape index (κ3) is 3.03. The van der Waals surface area contributed by atoms with Gasteiger partial charge in [0.25, 0.3) is 5.91 Å². The molecule has 0 aliphatic heterocycles. The maximum atomic E-state index is 13.2. The summed E-state index contributed by atoms with van der Waals surface area (Å²) in [5, 5.41) is 4.59. The number of halogens is 2. The molecule has 0 spiro atoms. The van der Waals surface area contributed by atoms with Gasteiger partial charge < -0.3 is 5.32 Å². The van der Waals surface area contributed by atoms with Gasteiger partial charge in [0.1, 0.15) is 5.82 Å². The Labute approximate surface area is 136 Å². The van der Waals surface area contributed by atoms with E-state index >= 15 is 0 Å². The molecule has 1 N–H and O–H groups in total. The van der Waals surface area contributed by atoms with Crippen molar-refractivity contribution in [2.75, 3.05) is 5.32 Å².